The van der Waals surface area contributed by atoms with Gasteiger partial charge >= 0.3 is 0 Å². The van der Waals surface area contributed by atoms with Gasteiger partial charge in [-0.05, 0) is 64.8 Å². The summed E-state index contributed by atoms with van der Waals surface area (Å²) in [5.41, 5.74) is 2.00. The van der Waals surface area contributed by atoms with Crippen LogP contribution in [-0.4, -0.2) is 49.5 Å². The molecular formula is C26H36ClN3O4S. The highest BCUT2D eigenvalue weighted by atomic mass is 35.5. The Morgan fingerprint density at radius 1 is 1.09 bits per heavy atom. The molecule has 0 fully saturated rings. The molecule has 0 saturated heterocycles. The summed E-state index contributed by atoms with van der Waals surface area (Å²) in [7, 11) is -3.57. The number of rotatable bonds is 10. The van der Waals surface area contributed by atoms with E-state index in [1.807, 2.05) is 52.0 Å². The molecule has 0 radical (unpaired) electrons. The van der Waals surface area contributed by atoms with E-state index >= 15 is 0 Å². The van der Waals surface area contributed by atoms with Crippen molar-refractivity contribution in [3.63, 3.8) is 0 Å². The second-order valence-electron chi connectivity index (χ2n) is 9.84. The molecule has 1 atom stereocenters. The minimum absolute atomic E-state index is 0.0888. The van der Waals surface area contributed by atoms with Crippen molar-refractivity contribution in [1.29, 1.82) is 0 Å². The van der Waals surface area contributed by atoms with Gasteiger partial charge in [-0.15, -0.1) is 0 Å². The van der Waals surface area contributed by atoms with Crippen molar-refractivity contribution in [2.45, 2.75) is 65.6 Å². The van der Waals surface area contributed by atoms with Gasteiger partial charge in [-0.25, -0.2) is 8.42 Å². The highest BCUT2D eigenvalue weighted by Crippen LogP contribution is 2.23. The third kappa shape index (κ3) is 9.18. The molecule has 192 valence electrons. The first-order valence-electron chi connectivity index (χ1n) is 11.6. The molecule has 2 aromatic rings. The standard InChI is InChI=1S/C26H36ClN3O4S/c1-19-10-7-11-21(16-19)18-29(20(2)25(32)28-26(3,4)5)24(31)14-9-15-30(35(6,33)34)23-13-8-12-22(27)17-23/h7-8,10-13,16-17,20H,9,14-15,18H2,1-6H3,(H,28,32). The summed E-state index contributed by atoms with van der Waals surface area (Å²) in [6.07, 6.45) is 1.50. The third-order valence-electron chi connectivity index (χ3n) is 5.35. The number of sulfonamides is 1. The Kier molecular flexibility index (Phi) is 9.75. The van der Waals surface area contributed by atoms with Crippen LogP contribution >= 0.6 is 11.6 Å². The molecule has 1 unspecified atom stereocenters. The van der Waals surface area contributed by atoms with Gasteiger partial charge in [-0.2, -0.15) is 0 Å². The maximum atomic E-state index is 13.3. The van der Waals surface area contributed by atoms with Crippen LogP contribution in [0.3, 0.4) is 0 Å². The lowest BCUT2D eigenvalue weighted by Gasteiger charge is -2.32. The van der Waals surface area contributed by atoms with Crippen LogP contribution in [0.2, 0.25) is 5.02 Å². The van der Waals surface area contributed by atoms with Crippen LogP contribution in [0.4, 0.5) is 5.69 Å². The van der Waals surface area contributed by atoms with Gasteiger partial charge in [0, 0.05) is 30.1 Å². The van der Waals surface area contributed by atoms with E-state index in [0.717, 1.165) is 17.4 Å². The summed E-state index contributed by atoms with van der Waals surface area (Å²) < 4.78 is 26.0. The Labute approximate surface area is 214 Å². The largest absolute Gasteiger partial charge is 0.350 e. The van der Waals surface area contributed by atoms with Gasteiger partial charge in [-0.1, -0.05) is 47.5 Å². The smallest absolute Gasteiger partial charge is 0.242 e. The fourth-order valence-electron chi connectivity index (χ4n) is 3.70. The van der Waals surface area contributed by atoms with E-state index in [2.05, 4.69) is 5.32 Å². The minimum Gasteiger partial charge on any atom is -0.350 e. The van der Waals surface area contributed by atoms with E-state index in [4.69, 9.17) is 11.6 Å². The van der Waals surface area contributed by atoms with E-state index in [1.165, 1.54) is 4.31 Å². The lowest BCUT2D eigenvalue weighted by atomic mass is 10.1. The molecule has 2 rings (SSSR count). The van der Waals surface area contributed by atoms with Crippen molar-refractivity contribution < 1.29 is 18.0 Å². The van der Waals surface area contributed by atoms with Gasteiger partial charge in [0.2, 0.25) is 21.8 Å². The third-order valence-corrected chi connectivity index (χ3v) is 6.78. The van der Waals surface area contributed by atoms with Gasteiger partial charge in [-0.3, -0.25) is 13.9 Å². The molecule has 0 aliphatic carbocycles. The molecule has 35 heavy (non-hydrogen) atoms. The van der Waals surface area contributed by atoms with Crippen molar-refractivity contribution in [2.24, 2.45) is 0 Å². The number of hydrogen-bond acceptors (Lipinski definition) is 4. The van der Waals surface area contributed by atoms with Crippen LogP contribution in [-0.2, 0) is 26.2 Å². The molecule has 1 N–H and O–H groups in total. The maximum Gasteiger partial charge on any atom is 0.242 e. The summed E-state index contributed by atoms with van der Waals surface area (Å²) >= 11 is 6.04. The highest BCUT2D eigenvalue weighted by molar-refractivity contribution is 7.92. The summed E-state index contributed by atoms with van der Waals surface area (Å²) in [6.45, 7) is 9.75. The van der Waals surface area contributed by atoms with E-state index in [1.54, 1.807) is 36.1 Å². The monoisotopic (exact) mass is 521 g/mol. The van der Waals surface area contributed by atoms with E-state index in [0.29, 0.717) is 10.7 Å². The Hall–Kier alpha value is -2.58. The molecule has 2 amide bonds. The molecule has 0 aromatic heterocycles. The van der Waals surface area contributed by atoms with Crippen molar-refractivity contribution >= 4 is 39.1 Å². The summed E-state index contributed by atoms with van der Waals surface area (Å²) in [5.74, 6) is -0.460. The van der Waals surface area contributed by atoms with E-state index in [9.17, 15) is 18.0 Å². The number of amides is 2. The molecule has 0 aliphatic heterocycles. The number of halogens is 1. The van der Waals surface area contributed by atoms with Crippen molar-refractivity contribution in [1.82, 2.24) is 10.2 Å². The Bertz CT molecular complexity index is 1150. The molecular weight excluding hydrogens is 486 g/mol. The summed E-state index contributed by atoms with van der Waals surface area (Å²) in [6, 6.07) is 13.7. The molecule has 7 nitrogen and oxygen atoms in total. The number of carbonyl (C=O) groups excluding carboxylic acids is 2. The van der Waals surface area contributed by atoms with Crippen LogP contribution in [0.15, 0.2) is 48.5 Å². The summed E-state index contributed by atoms with van der Waals surface area (Å²) in [5, 5.41) is 3.37. The van der Waals surface area contributed by atoms with Crippen LogP contribution in [0.5, 0.6) is 0 Å². The number of hydrogen-bond donors (Lipinski definition) is 1. The van der Waals surface area contributed by atoms with E-state index in [-0.39, 0.29) is 37.7 Å². The predicted molar refractivity (Wildman–Crippen MR) is 142 cm³/mol. The van der Waals surface area contributed by atoms with Crippen LogP contribution in [0, 0.1) is 6.92 Å². The Balaban J connectivity index is 2.19. The van der Waals surface area contributed by atoms with Gasteiger partial charge < -0.3 is 10.2 Å². The molecule has 9 heteroatoms. The summed E-state index contributed by atoms with van der Waals surface area (Å²) in [4.78, 5) is 27.8. The molecule has 0 aliphatic rings. The molecule has 0 bridgehead atoms. The maximum absolute atomic E-state index is 13.3. The first-order valence-corrected chi connectivity index (χ1v) is 13.8. The SMILES string of the molecule is Cc1cccc(CN(C(=O)CCCN(c2cccc(Cl)c2)S(C)(=O)=O)C(C)C(=O)NC(C)(C)C)c1. The van der Waals surface area contributed by atoms with Crippen molar-refractivity contribution in [3.05, 3.63) is 64.7 Å². The Morgan fingerprint density at radius 2 is 1.74 bits per heavy atom. The van der Waals surface area contributed by atoms with Crippen LogP contribution in [0.25, 0.3) is 0 Å². The second kappa shape index (κ2) is 11.9. The number of aryl methyl sites for hydroxylation is 1. The molecule has 0 saturated carbocycles. The zero-order valence-electron chi connectivity index (χ0n) is 21.3. The first kappa shape index (κ1) is 28.7. The second-order valence-corrected chi connectivity index (χ2v) is 12.2. The molecule has 2 aromatic carbocycles. The van der Waals surface area contributed by atoms with Crippen LogP contribution < -0.4 is 9.62 Å². The van der Waals surface area contributed by atoms with Gasteiger partial charge in [0.15, 0.2) is 0 Å². The van der Waals surface area contributed by atoms with Gasteiger partial charge in [0.05, 0.1) is 11.9 Å². The van der Waals surface area contributed by atoms with Gasteiger partial charge in [0.1, 0.15) is 6.04 Å². The zero-order valence-corrected chi connectivity index (χ0v) is 22.9. The average molecular weight is 522 g/mol. The van der Waals surface area contributed by atoms with Gasteiger partial charge in [0.25, 0.3) is 0 Å². The average Bonchev–Trinajstić information content (AvgIpc) is 2.72. The number of nitrogens with zero attached hydrogens (tertiary/aromatic N) is 2. The normalized spacial score (nSPS) is 12.7. The Morgan fingerprint density at radius 3 is 2.31 bits per heavy atom. The number of carbonyl (C=O) groups is 2. The predicted octanol–water partition coefficient (Wildman–Crippen LogP) is 4.53. The quantitative estimate of drug-likeness (QED) is 0.497. The van der Waals surface area contributed by atoms with Crippen LogP contribution in [0.1, 0.15) is 51.7 Å². The fraction of sp³-hybridized carbons (Fsp3) is 0.462. The number of anilines is 1. The first-order chi connectivity index (χ1) is 16.2. The lowest BCUT2D eigenvalue weighted by molar-refractivity contribution is -0.141. The molecule has 0 heterocycles. The molecule has 0 spiro atoms. The topological polar surface area (TPSA) is 86.8 Å². The highest BCUT2D eigenvalue weighted by Gasteiger charge is 2.28. The fourth-order valence-corrected chi connectivity index (χ4v) is 4.84. The number of benzene rings is 2. The van der Waals surface area contributed by atoms with Crippen molar-refractivity contribution in [2.75, 3.05) is 17.1 Å². The van der Waals surface area contributed by atoms with E-state index < -0.39 is 21.6 Å². The minimum atomic E-state index is -3.57. The zero-order chi connectivity index (χ0) is 26.4. The number of nitrogens with one attached hydrogen (secondary N) is 1. The lowest BCUT2D eigenvalue weighted by Crippen LogP contribution is -2.52. The van der Waals surface area contributed by atoms with Crippen molar-refractivity contribution in [3.8, 4) is 0 Å².